The highest BCUT2D eigenvalue weighted by molar-refractivity contribution is 7.92. The van der Waals surface area contributed by atoms with Crippen molar-refractivity contribution in [3.63, 3.8) is 0 Å². The summed E-state index contributed by atoms with van der Waals surface area (Å²) in [7, 11) is -3.95. The van der Waals surface area contributed by atoms with E-state index in [1.54, 1.807) is 29.5 Å². The number of phenols is 1. The number of thiazole rings is 1. The van der Waals surface area contributed by atoms with Crippen molar-refractivity contribution < 1.29 is 13.5 Å². The van der Waals surface area contributed by atoms with E-state index in [1.165, 1.54) is 31.0 Å². The van der Waals surface area contributed by atoms with Crippen LogP contribution in [0.25, 0.3) is 10.2 Å². The van der Waals surface area contributed by atoms with Crippen molar-refractivity contribution in [3.8, 4) is 5.75 Å². The molecule has 136 valence electrons. The smallest absolute Gasteiger partial charge is 0.265 e. The van der Waals surface area contributed by atoms with Crippen molar-refractivity contribution in [2.24, 2.45) is 0 Å². The van der Waals surface area contributed by atoms with Gasteiger partial charge in [-0.2, -0.15) is 0 Å². The maximum absolute atomic E-state index is 12.6. The molecule has 2 N–H and O–H groups in total. The topological polar surface area (TPSA) is 82.5 Å². The summed E-state index contributed by atoms with van der Waals surface area (Å²) in [5, 5.41) is 10.9. The average molecular weight is 410 g/mol. The molecule has 1 saturated heterocycles. The molecule has 0 saturated carbocycles. The Bertz CT molecular complexity index is 1080. The lowest BCUT2D eigenvalue weighted by atomic mass is 10.3. The van der Waals surface area contributed by atoms with Crippen molar-refractivity contribution in [1.29, 1.82) is 0 Å². The number of aromatic nitrogens is 1. The van der Waals surface area contributed by atoms with Crippen molar-refractivity contribution in [2.75, 3.05) is 22.7 Å². The number of para-hydroxylation sites is 1. The van der Waals surface area contributed by atoms with E-state index in [1.807, 2.05) is 0 Å². The Morgan fingerprint density at radius 3 is 2.73 bits per heavy atom. The Balaban J connectivity index is 1.65. The Kier molecular flexibility index (Phi) is 4.42. The molecule has 0 spiro atoms. The zero-order valence-electron chi connectivity index (χ0n) is 13.6. The molecule has 1 aliphatic heterocycles. The summed E-state index contributed by atoms with van der Waals surface area (Å²) in [5.41, 5.74) is 1.25. The summed E-state index contributed by atoms with van der Waals surface area (Å²) < 4.78 is 28.5. The third-order valence-electron chi connectivity index (χ3n) is 4.25. The van der Waals surface area contributed by atoms with Gasteiger partial charge in [0.25, 0.3) is 10.0 Å². The van der Waals surface area contributed by atoms with Gasteiger partial charge in [0, 0.05) is 13.1 Å². The summed E-state index contributed by atoms with van der Waals surface area (Å²) in [6, 6.07) is 9.42. The van der Waals surface area contributed by atoms with Crippen LogP contribution in [0, 0.1) is 0 Å². The second-order valence-corrected chi connectivity index (χ2v) is 9.13. The highest BCUT2D eigenvalue weighted by atomic mass is 35.5. The molecule has 4 rings (SSSR count). The van der Waals surface area contributed by atoms with Gasteiger partial charge in [0.2, 0.25) is 0 Å². The number of phenolic OH excluding ortho intramolecular Hbond substituents is 1. The molecule has 1 fully saturated rings. The van der Waals surface area contributed by atoms with E-state index in [0.29, 0.717) is 5.69 Å². The first-order chi connectivity index (χ1) is 12.4. The quantitative estimate of drug-likeness (QED) is 0.679. The molecule has 0 bridgehead atoms. The molecule has 0 atom stereocenters. The molecular formula is C17H16ClN3O3S2. The fourth-order valence-corrected chi connectivity index (χ4v) is 5.40. The van der Waals surface area contributed by atoms with Crippen LogP contribution < -0.4 is 9.62 Å². The van der Waals surface area contributed by atoms with Gasteiger partial charge >= 0.3 is 0 Å². The van der Waals surface area contributed by atoms with Crippen LogP contribution in [0.5, 0.6) is 5.75 Å². The Hall–Kier alpha value is -2.03. The SMILES string of the molecule is O=S(=O)(Nc1ccc2nc(N3CCCC3)sc2c1)c1cccc(Cl)c1O. The van der Waals surface area contributed by atoms with Gasteiger partial charge < -0.3 is 10.0 Å². The lowest BCUT2D eigenvalue weighted by Crippen LogP contribution is -2.16. The number of anilines is 2. The summed E-state index contributed by atoms with van der Waals surface area (Å²) in [5.74, 6) is -0.461. The number of halogens is 1. The van der Waals surface area contributed by atoms with E-state index in [2.05, 4.69) is 14.6 Å². The Labute approximate surface area is 160 Å². The van der Waals surface area contributed by atoms with Gasteiger partial charge in [-0.05, 0) is 43.2 Å². The van der Waals surface area contributed by atoms with E-state index in [9.17, 15) is 13.5 Å². The predicted molar refractivity (Wildman–Crippen MR) is 105 cm³/mol. The van der Waals surface area contributed by atoms with Crippen molar-refractivity contribution in [1.82, 2.24) is 4.98 Å². The second kappa shape index (κ2) is 6.61. The molecule has 3 aromatic rings. The second-order valence-electron chi connectivity index (χ2n) is 6.07. The molecule has 0 radical (unpaired) electrons. The molecule has 26 heavy (non-hydrogen) atoms. The highest BCUT2D eigenvalue weighted by Crippen LogP contribution is 2.34. The van der Waals surface area contributed by atoms with E-state index in [-0.39, 0.29) is 9.92 Å². The third-order valence-corrected chi connectivity index (χ3v) is 7.04. The first kappa shape index (κ1) is 17.4. The predicted octanol–water partition coefficient (Wildman–Crippen LogP) is 4.06. The molecule has 2 heterocycles. The monoisotopic (exact) mass is 409 g/mol. The summed E-state index contributed by atoms with van der Waals surface area (Å²) in [6.07, 6.45) is 2.34. The first-order valence-electron chi connectivity index (χ1n) is 8.10. The normalized spacial score (nSPS) is 14.9. The van der Waals surface area contributed by atoms with Gasteiger partial charge in [-0.25, -0.2) is 13.4 Å². The van der Waals surface area contributed by atoms with Gasteiger partial charge in [0.15, 0.2) is 10.9 Å². The van der Waals surface area contributed by atoms with Gasteiger partial charge in [0.1, 0.15) is 4.90 Å². The number of sulfonamides is 1. The molecule has 0 amide bonds. The van der Waals surface area contributed by atoms with Crippen LogP contribution in [0.3, 0.4) is 0 Å². The van der Waals surface area contributed by atoms with Crippen LogP contribution in [0.4, 0.5) is 10.8 Å². The van der Waals surface area contributed by atoms with Crippen LogP contribution in [-0.4, -0.2) is 31.6 Å². The largest absolute Gasteiger partial charge is 0.505 e. The van der Waals surface area contributed by atoms with Crippen LogP contribution in [0.15, 0.2) is 41.3 Å². The Morgan fingerprint density at radius 1 is 1.19 bits per heavy atom. The van der Waals surface area contributed by atoms with Crippen LogP contribution in [0.1, 0.15) is 12.8 Å². The lowest BCUT2D eigenvalue weighted by molar-refractivity contribution is 0.459. The lowest BCUT2D eigenvalue weighted by Gasteiger charge is -2.11. The number of fused-ring (bicyclic) bond motifs is 1. The first-order valence-corrected chi connectivity index (χ1v) is 10.8. The standard InChI is InChI=1S/C17H16ClN3O3S2/c18-12-4-3-5-15(16(12)22)26(23,24)20-11-6-7-13-14(10-11)25-17(19-13)21-8-1-2-9-21/h3-7,10,20,22H,1-2,8-9H2. The third kappa shape index (κ3) is 3.20. The van der Waals surface area contributed by atoms with E-state index in [4.69, 9.17) is 11.6 Å². The van der Waals surface area contributed by atoms with Gasteiger partial charge in [-0.3, -0.25) is 4.72 Å². The van der Waals surface area contributed by atoms with Crippen LogP contribution in [-0.2, 0) is 10.0 Å². The minimum atomic E-state index is -3.95. The molecule has 0 unspecified atom stereocenters. The van der Waals surface area contributed by atoms with Crippen molar-refractivity contribution in [3.05, 3.63) is 41.4 Å². The molecule has 2 aromatic carbocycles. The number of nitrogens with zero attached hydrogens (tertiary/aromatic N) is 2. The maximum atomic E-state index is 12.6. The maximum Gasteiger partial charge on any atom is 0.265 e. The average Bonchev–Trinajstić information content (AvgIpc) is 3.25. The Morgan fingerprint density at radius 2 is 1.96 bits per heavy atom. The van der Waals surface area contributed by atoms with Gasteiger partial charge in [-0.1, -0.05) is 29.0 Å². The zero-order chi connectivity index (χ0) is 18.3. The number of hydrogen-bond acceptors (Lipinski definition) is 6. The summed E-state index contributed by atoms with van der Waals surface area (Å²) in [6.45, 7) is 2.01. The van der Waals surface area contributed by atoms with Crippen LogP contribution in [0.2, 0.25) is 5.02 Å². The number of hydrogen-bond donors (Lipinski definition) is 2. The minimum Gasteiger partial charge on any atom is -0.505 e. The number of nitrogens with one attached hydrogen (secondary N) is 1. The van der Waals surface area contributed by atoms with Crippen molar-refractivity contribution >= 4 is 54.0 Å². The minimum absolute atomic E-state index is 0.0129. The molecular weight excluding hydrogens is 394 g/mol. The van der Waals surface area contributed by atoms with E-state index >= 15 is 0 Å². The molecule has 1 aromatic heterocycles. The van der Waals surface area contributed by atoms with E-state index < -0.39 is 15.8 Å². The van der Waals surface area contributed by atoms with Crippen molar-refractivity contribution in [2.45, 2.75) is 17.7 Å². The highest BCUT2D eigenvalue weighted by Gasteiger charge is 2.21. The van der Waals surface area contributed by atoms with Gasteiger partial charge in [0.05, 0.1) is 20.9 Å². The number of benzene rings is 2. The zero-order valence-corrected chi connectivity index (χ0v) is 16.0. The molecule has 9 heteroatoms. The fraction of sp³-hybridized carbons (Fsp3) is 0.235. The fourth-order valence-electron chi connectivity index (χ4n) is 2.94. The molecule has 0 aliphatic carbocycles. The van der Waals surface area contributed by atoms with E-state index in [0.717, 1.165) is 28.4 Å². The summed E-state index contributed by atoms with van der Waals surface area (Å²) in [4.78, 5) is 6.62. The van der Waals surface area contributed by atoms with Crippen LogP contribution >= 0.6 is 22.9 Å². The number of rotatable bonds is 4. The summed E-state index contributed by atoms with van der Waals surface area (Å²) >= 11 is 7.36. The number of aromatic hydroxyl groups is 1. The molecule has 6 nitrogen and oxygen atoms in total. The molecule has 1 aliphatic rings. The van der Waals surface area contributed by atoms with Gasteiger partial charge in [-0.15, -0.1) is 0 Å².